The summed E-state index contributed by atoms with van der Waals surface area (Å²) >= 11 is 1.26. The Kier molecular flexibility index (Phi) is 8.36. The second kappa shape index (κ2) is 11.6. The van der Waals surface area contributed by atoms with E-state index in [1.165, 1.54) is 11.8 Å². The number of hydrogen-bond acceptors (Lipinski definition) is 6. The van der Waals surface area contributed by atoms with Gasteiger partial charge in [0.1, 0.15) is 0 Å². The summed E-state index contributed by atoms with van der Waals surface area (Å²) in [6.45, 7) is 5.92. The van der Waals surface area contributed by atoms with Crippen LogP contribution in [0.25, 0.3) is 10.9 Å². The first kappa shape index (κ1) is 25.1. The number of aromatic nitrogens is 2. The predicted molar refractivity (Wildman–Crippen MR) is 138 cm³/mol. The van der Waals surface area contributed by atoms with E-state index in [2.05, 4.69) is 19.2 Å². The van der Waals surface area contributed by atoms with Crippen molar-refractivity contribution in [3.63, 3.8) is 0 Å². The topological polar surface area (TPSA) is 90.3 Å². The molecule has 1 atom stereocenters. The van der Waals surface area contributed by atoms with Gasteiger partial charge in [-0.1, -0.05) is 55.9 Å². The molecule has 4 rings (SSSR count). The molecule has 1 aliphatic rings. The number of thioether (sulfide) groups is 1. The van der Waals surface area contributed by atoms with E-state index in [0.717, 1.165) is 25.9 Å². The van der Waals surface area contributed by atoms with Crippen molar-refractivity contribution in [3.8, 4) is 0 Å². The lowest BCUT2D eigenvalue weighted by Crippen LogP contribution is -2.31. The molecule has 1 aliphatic heterocycles. The standard InChI is InChI=1S/C27H31N3O4S/c1-18(2)12-13-30-26(33)22-11-10-20(25(32)28-16-21-9-6-14-34-21)15-23(22)29-27(30)35-17-24(31)19-7-4-3-5-8-19/h3-5,7-8,10-11,15,18,21H,6,9,12-14,16-17H2,1-2H3,(H,28,32)/t21-/m1/s1. The quantitative estimate of drug-likeness (QED) is 0.257. The van der Waals surface area contributed by atoms with Crippen LogP contribution in [-0.2, 0) is 11.3 Å². The summed E-state index contributed by atoms with van der Waals surface area (Å²) < 4.78 is 7.23. The normalized spacial score (nSPS) is 15.6. The average molecular weight is 494 g/mol. The zero-order chi connectivity index (χ0) is 24.8. The Hall–Kier alpha value is -2.97. The van der Waals surface area contributed by atoms with Crippen molar-refractivity contribution < 1.29 is 14.3 Å². The fourth-order valence-corrected chi connectivity index (χ4v) is 4.91. The lowest BCUT2D eigenvalue weighted by molar-refractivity contribution is 0.0857. The molecule has 1 aromatic heterocycles. The Morgan fingerprint density at radius 2 is 1.97 bits per heavy atom. The monoisotopic (exact) mass is 493 g/mol. The van der Waals surface area contributed by atoms with Gasteiger partial charge >= 0.3 is 0 Å². The van der Waals surface area contributed by atoms with Gasteiger partial charge in [0.05, 0.1) is 22.8 Å². The lowest BCUT2D eigenvalue weighted by Gasteiger charge is -2.15. The predicted octanol–water partition coefficient (Wildman–Crippen LogP) is 4.33. The maximum Gasteiger partial charge on any atom is 0.262 e. The average Bonchev–Trinajstić information content (AvgIpc) is 3.39. The first-order chi connectivity index (χ1) is 16.9. The minimum atomic E-state index is -0.221. The van der Waals surface area contributed by atoms with Crippen LogP contribution in [0.3, 0.4) is 0 Å². The Morgan fingerprint density at radius 1 is 1.17 bits per heavy atom. The largest absolute Gasteiger partial charge is 0.376 e. The molecule has 184 valence electrons. The molecule has 1 amide bonds. The van der Waals surface area contributed by atoms with Gasteiger partial charge in [0.2, 0.25) is 0 Å². The number of Topliss-reactive ketones (excluding diaryl/α,β-unsaturated/α-hetero) is 1. The molecular weight excluding hydrogens is 462 g/mol. The van der Waals surface area contributed by atoms with Gasteiger partial charge in [-0.05, 0) is 43.4 Å². The van der Waals surface area contributed by atoms with E-state index >= 15 is 0 Å². The van der Waals surface area contributed by atoms with Crippen LogP contribution in [0.1, 0.15) is 53.8 Å². The van der Waals surface area contributed by atoms with E-state index in [9.17, 15) is 14.4 Å². The number of ether oxygens (including phenoxy) is 1. The smallest absolute Gasteiger partial charge is 0.262 e. The molecule has 0 saturated carbocycles. The van der Waals surface area contributed by atoms with Crippen molar-refractivity contribution in [1.82, 2.24) is 14.9 Å². The number of carbonyl (C=O) groups is 2. The van der Waals surface area contributed by atoms with Crippen molar-refractivity contribution in [2.75, 3.05) is 18.9 Å². The number of hydrogen-bond donors (Lipinski definition) is 1. The van der Waals surface area contributed by atoms with Crippen molar-refractivity contribution in [2.45, 2.75) is 50.9 Å². The summed E-state index contributed by atoms with van der Waals surface area (Å²) in [4.78, 5) is 43.5. The van der Waals surface area contributed by atoms with Gasteiger partial charge in [-0.25, -0.2) is 4.98 Å². The van der Waals surface area contributed by atoms with E-state index in [-0.39, 0.29) is 29.1 Å². The highest BCUT2D eigenvalue weighted by Gasteiger charge is 2.19. The molecular formula is C27H31N3O4S. The van der Waals surface area contributed by atoms with Crippen LogP contribution >= 0.6 is 11.8 Å². The van der Waals surface area contributed by atoms with Crippen LogP contribution in [0, 0.1) is 5.92 Å². The first-order valence-corrected chi connectivity index (χ1v) is 13.1. The molecule has 2 aromatic carbocycles. The second-order valence-electron chi connectivity index (χ2n) is 9.19. The first-order valence-electron chi connectivity index (χ1n) is 12.1. The highest BCUT2D eigenvalue weighted by Crippen LogP contribution is 2.21. The van der Waals surface area contributed by atoms with Crippen molar-refractivity contribution >= 4 is 34.4 Å². The highest BCUT2D eigenvalue weighted by atomic mass is 32.2. The molecule has 0 radical (unpaired) electrons. The molecule has 35 heavy (non-hydrogen) atoms. The van der Waals surface area contributed by atoms with Gasteiger partial charge in [-0.15, -0.1) is 0 Å². The van der Waals surface area contributed by atoms with Crippen molar-refractivity contribution in [1.29, 1.82) is 0 Å². The van der Waals surface area contributed by atoms with E-state index in [1.807, 2.05) is 18.2 Å². The maximum atomic E-state index is 13.4. The molecule has 2 heterocycles. The number of benzene rings is 2. The number of nitrogens with one attached hydrogen (secondary N) is 1. The molecule has 1 saturated heterocycles. The van der Waals surface area contributed by atoms with E-state index < -0.39 is 0 Å². The Labute approximate surface area is 209 Å². The summed E-state index contributed by atoms with van der Waals surface area (Å²) in [6, 6.07) is 14.1. The zero-order valence-electron chi connectivity index (χ0n) is 20.2. The second-order valence-corrected chi connectivity index (χ2v) is 10.1. The number of fused-ring (bicyclic) bond motifs is 1. The molecule has 0 bridgehead atoms. The number of nitrogens with zero attached hydrogens (tertiary/aromatic N) is 2. The zero-order valence-corrected chi connectivity index (χ0v) is 21.0. The number of ketones is 1. The maximum absolute atomic E-state index is 13.4. The molecule has 3 aromatic rings. The third-order valence-electron chi connectivity index (χ3n) is 6.05. The van der Waals surface area contributed by atoms with Crippen LogP contribution in [0.15, 0.2) is 58.5 Å². The number of carbonyl (C=O) groups excluding carboxylic acids is 2. The van der Waals surface area contributed by atoms with Crippen molar-refractivity contribution in [3.05, 3.63) is 70.0 Å². The van der Waals surface area contributed by atoms with E-state index in [4.69, 9.17) is 9.72 Å². The van der Waals surface area contributed by atoms with Gasteiger partial charge in [-0.3, -0.25) is 19.0 Å². The minimum absolute atomic E-state index is 0.0254. The fourth-order valence-electron chi connectivity index (χ4n) is 3.99. The molecule has 1 fully saturated rings. The van der Waals surface area contributed by atoms with Crippen LogP contribution in [0.5, 0.6) is 0 Å². The fraction of sp³-hybridized carbons (Fsp3) is 0.407. The summed E-state index contributed by atoms with van der Waals surface area (Å²) in [5.74, 6) is 0.339. The van der Waals surface area contributed by atoms with E-state index in [0.29, 0.717) is 46.2 Å². The SMILES string of the molecule is CC(C)CCn1c(SCC(=O)c2ccccc2)nc2cc(C(=O)NC[C@H]3CCCO3)ccc2c1=O. The van der Waals surface area contributed by atoms with Gasteiger partial charge in [-0.2, -0.15) is 0 Å². The van der Waals surface area contributed by atoms with Crippen LogP contribution in [0.4, 0.5) is 0 Å². The van der Waals surface area contributed by atoms with Crippen LogP contribution < -0.4 is 10.9 Å². The highest BCUT2D eigenvalue weighted by molar-refractivity contribution is 7.99. The molecule has 1 N–H and O–H groups in total. The molecule has 0 spiro atoms. The molecule has 0 unspecified atom stereocenters. The third-order valence-corrected chi connectivity index (χ3v) is 7.03. The Morgan fingerprint density at radius 3 is 2.69 bits per heavy atom. The summed E-state index contributed by atoms with van der Waals surface area (Å²) in [5, 5.41) is 3.86. The van der Waals surface area contributed by atoms with Gasteiger partial charge in [0, 0.05) is 30.8 Å². The molecule has 0 aliphatic carbocycles. The van der Waals surface area contributed by atoms with Gasteiger partial charge < -0.3 is 10.1 Å². The minimum Gasteiger partial charge on any atom is -0.376 e. The Balaban J connectivity index is 1.59. The van der Waals surface area contributed by atoms with Crippen LogP contribution in [0.2, 0.25) is 0 Å². The summed E-state index contributed by atoms with van der Waals surface area (Å²) in [5.41, 5.74) is 1.37. The third kappa shape index (κ3) is 6.38. The number of rotatable bonds is 10. The van der Waals surface area contributed by atoms with Crippen LogP contribution in [-0.4, -0.2) is 46.2 Å². The van der Waals surface area contributed by atoms with Gasteiger partial charge in [0.25, 0.3) is 11.5 Å². The Bertz CT molecular complexity index is 1250. The van der Waals surface area contributed by atoms with Crippen molar-refractivity contribution in [2.24, 2.45) is 5.92 Å². The number of amides is 1. The molecule has 8 heteroatoms. The summed E-state index contributed by atoms with van der Waals surface area (Å²) in [7, 11) is 0. The van der Waals surface area contributed by atoms with Gasteiger partial charge in [0.15, 0.2) is 10.9 Å². The van der Waals surface area contributed by atoms with E-state index in [1.54, 1.807) is 34.9 Å². The summed E-state index contributed by atoms with van der Waals surface area (Å²) in [6.07, 6.45) is 2.82. The molecule has 7 nitrogen and oxygen atoms in total. The lowest BCUT2D eigenvalue weighted by atomic mass is 10.1.